The number of aromatic amines is 1. The van der Waals surface area contributed by atoms with E-state index in [4.69, 9.17) is 5.73 Å². The Kier molecular flexibility index (Phi) is 1.77. The number of aromatic nitrogens is 2. The molecule has 1 aromatic heterocycles. The lowest BCUT2D eigenvalue weighted by Crippen LogP contribution is -2.44. The van der Waals surface area contributed by atoms with Gasteiger partial charge in [0.05, 0.1) is 6.20 Å². The predicted octanol–water partition coefficient (Wildman–Crippen LogP) is 0.444. The average molecular weight is 166 g/mol. The third-order valence-corrected chi connectivity index (χ3v) is 2.29. The zero-order valence-corrected chi connectivity index (χ0v) is 7.25. The fourth-order valence-electron chi connectivity index (χ4n) is 1.65. The number of H-pyrrole nitrogens is 1. The Balaban J connectivity index is 1.92. The molecule has 0 aromatic carbocycles. The number of likely N-dealkylation sites (tertiary alicyclic amines) is 1. The third-order valence-electron chi connectivity index (χ3n) is 2.29. The lowest BCUT2D eigenvalue weighted by molar-refractivity contribution is 0.105. The molecule has 0 spiro atoms. The van der Waals surface area contributed by atoms with Crippen LogP contribution < -0.4 is 5.73 Å². The smallest absolute Gasteiger partial charge is 0.123 e. The van der Waals surface area contributed by atoms with E-state index in [0.717, 1.165) is 18.0 Å². The van der Waals surface area contributed by atoms with Gasteiger partial charge in [0.25, 0.3) is 0 Å². The minimum Gasteiger partial charge on any atom is -0.384 e. The molecule has 3 N–H and O–H groups in total. The van der Waals surface area contributed by atoms with Crippen molar-refractivity contribution in [1.82, 2.24) is 15.1 Å². The molecule has 66 valence electrons. The number of rotatable bonds is 2. The molecule has 1 aliphatic rings. The summed E-state index contributed by atoms with van der Waals surface area (Å²) in [7, 11) is 0. The van der Waals surface area contributed by atoms with Gasteiger partial charge < -0.3 is 5.73 Å². The Morgan fingerprint density at radius 2 is 2.50 bits per heavy atom. The molecule has 1 saturated heterocycles. The van der Waals surface area contributed by atoms with Crippen molar-refractivity contribution in [3.63, 3.8) is 0 Å². The molecule has 12 heavy (non-hydrogen) atoms. The number of nitrogens with two attached hydrogens (primary N) is 1. The van der Waals surface area contributed by atoms with Crippen molar-refractivity contribution in [1.29, 1.82) is 0 Å². The van der Waals surface area contributed by atoms with Gasteiger partial charge in [-0.05, 0) is 5.92 Å². The maximum Gasteiger partial charge on any atom is 0.123 e. The van der Waals surface area contributed by atoms with E-state index in [1.165, 1.54) is 13.1 Å². The summed E-state index contributed by atoms with van der Waals surface area (Å²) in [6, 6.07) is 0. The van der Waals surface area contributed by atoms with Crippen LogP contribution in [0.3, 0.4) is 0 Å². The molecule has 4 heteroatoms. The van der Waals surface area contributed by atoms with Crippen LogP contribution in [0.5, 0.6) is 0 Å². The number of nitrogens with one attached hydrogen (secondary N) is 1. The summed E-state index contributed by atoms with van der Waals surface area (Å²) in [6.07, 6.45) is 1.80. The van der Waals surface area contributed by atoms with Gasteiger partial charge in [-0.1, -0.05) is 6.92 Å². The van der Waals surface area contributed by atoms with Crippen molar-refractivity contribution in [2.24, 2.45) is 5.92 Å². The van der Waals surface area contributed by atoms with Gasteiger partial charge in [-0.15, -0.1) is 0 Å². The second-order valence-corrected chi connectivity index (χ2v) is 3.61. The highest BCUT2D eigenvalue weighted by Gasteiger charge is 2.22. The van der Waals surface area contributed by atoms with Crippen molar-refractivity contribution < 1.29 is 0 Å². The van der Waals surface area contributed by atoms with Crippen molar-refractivity contribution >= 4 is 5.82 Å². The Hall–Kier alpha value is -1.03. The number of hydrogen-bond acceptors (Lipinski definition) is 3. The molecule has 0 atom stereocenters. The van der Waals surface area contributed by atoms with Gasteiger partial charge in [0.2, 0.25) is 0 Å². The SMILES string of the molecule is CC1CN(Cc2cn[nH]c2N)C1. The van der Waals surface area contributed by atoms with Gasteiger partial charge in [0.15, 0.2) is 0 Å². The van der Waals surface area contributed by atoms with E-state index < -0.39 is 0 Å². The van der Waals surface area contributed by atoms with Gasteiger partial charge in [-0.3, -0.25) is 10.00 Å². The molecule has 0 aliphatic carbocycles. The first-order valence-corrected chi connectivity index (χ1v) is 4.26. The molecule has 2 rings (SSSR count). The third kappa shape index (κ3) is 1.30. The largest absolute Gasteiger partial charge is 0.384 e. The van der Waals surface area contributed by atoms with Crippen molar-refractivity contribution in [3.8, 4) is 0 Å². The summed E-state index contributed by atoms with van der Waals surface area (Å²) >= 11 is 0. The van der Waals surface area contributed by atoms with Gasteiger partial charge in [-0.25, -0.2) is 0 Å². The molecule has 2 heterocycles. The first-order valence-electron chi connectivity index (χ1n) is 4.26. The van der Waals surface area contributed by atoms with Crippen LogP contribution in [-0.4, -0.2) is 28.2 Å². The summed E-state index contributed by atoms with van der Waals surface area (Å²) in [5, 5.41) is 6.61. The van der Waals surface area contributed by atoms with Crippen LogP contribution in [0.4, 0.5) is 5.82 Å². The molecule has 1 fully saturated rings. The van der Waals surface area contributed by atoms with E-state index in [2.05, 4.69) is 22.0 Å². The zero-order valence-electron chi connectivity index (χ0n) is 7.25. The molecule has 0 bridgehead atoms. The Labute approximate surface area is 71.7 Å². The van der Waals surface area contributed by atoms with E-state index in [1.807, 2.05) is 0 Å². The van der Waals surface area contributed by atoms with Gasteiger partial charge in [0, 0.05) is 25.2 Å². The first-order chi connectivity index (χ1) is 5.75. The normalized spacial score (nSPS) is 19.4. The van der Waals surface area contributed by atoms with E-state index in [-0.39, 0.29) is 0 Å². The quantitative estimate of drug-likeness (QED) is 0.670. The van der Waals surface area contributed by atoms with Gasteiger partial charge in [0.1, 0.15) is 5.82 Å². The lowest BCUT2D eigenvalue weighted by atomic mass is 10.0. The molecule has 0 amide bonds. The maximum atomic E-state index is 5.66. The number of hydrogen-bond donors (Lipinski definition) is 2. The Bertz CT molecular complexity index is 262. The molecule has 0 radical (unpaired) electrons. The number of anilines is 1. The fraction of sp³-hybridized carbons (Fsp3) is 0.625. The average Bonchev–Trinajstić information content (AvgIpc) is 2.33. The highest BCUT2D eigenvalue weighted by atomic mass is 15.2. The summed E-state index contributed by atoms with van der Waals surface area (Å²) in [5.74, 6) is 1.55. The van der Waals surface area contributed by atoms with Gasteiger partial charge >= 0.3 is 0 Å². The predicted molar refractivity (Wildman–Crippen MR) is 47.4 cm³/mol. The fourth-order valence-corrected chi connectivity index (χ4v) is 1.65. The van der Waals surface area contributed by atoms with Gasteiger partial charge in [-0.2, -0.15) is 5.10 Å². The molecule has 0 saturated carbocycles. The molecule has 4 nitrogen and oxygen atoms in total. The van der Waals surface area contributed by atoms with Crippen LogP contribution >= 0.6 is 0 Å². The lowest BCUT2D eigenvalue weighted by Gasteiger charge is -2.36. The van der Waals surface area contributed by atoms with Crippen LogP contribution in [0, 0.1) is 5.92 Å². The van der Waals surface area contributed by atoms with Crippen molar-refractivity contribution in [2.75, 3.05) is 18.8 Å². The second kappa shape index (κ2) is 2.79. The monoisotopic (exact) mass is 166 g/mol. The van der Waals surface area contributed by atoms with E-state index in [1.54, 1.807) is 6.20 Å². The minimum absolute atomic E-state index is 0.703. The van der Waals surface area contributed by atoms with Crippen LogP contribution in [0.25, 0.3) is 0 Å². The highest BCUT2D eigenvalue weighted by Crippen LogP contribution is 2.19. The maximum absolute atomic E-state index is 5.66. The zero-order chi connectivity index (χ0) is 8.55. The van der Waals surface area contributed by atoms with E-state index in [0.29, 0.717) is 5.82 Å². The minimum atomic E-state index is 0.703. The summed E-state index contributed by atoms with van der Waals surface area (Å²) in [5.41, 5.74) is 6.77. The topological polar surface area (TPSA) is 57.9 Å². The van der Waals surface area contributed by atoms with Crippen LogP contribution in [0.15, 0.2) is 6.20 Å². The van der Waals surface area contributed by atoms with Crippen LogP contribution in [0.1, 0.15) is 12.5 Å². The summed E-state index contributed by atoms with van der Waals surface area (Å²) in [6.45, 7) is 5.57. The number of nitrogen functional groups attached to an aromatic ring is 1. The Morgan fingerprint density at radius 1 is 1.75 bits per heavy atom. The van der Waals surface area contributed by atoms with E-state index >= 15 is 0 Å². The summed E-state index contributed by atoms with van der Waals surface area (Å²) in [4.78, 5) is 2.37. The Morgan fingerprint density at radius 3 is 3.00 bits per heavy atom. The second-order valence-electron chi connectivity index (χ2n) is 3.61. The highest BCUT2D eigenvalue weighted by molar-refractivity contribution is 5.36. The molecule has 0 unspecified atom stereocenters. The standard InChI is InChI=1S/C8H14N4/c1-6-3-12(4-6)5-7-2-10-11-8(7)9/h2,6H,3-5H2,1H3,(H3,9,10,11). The molecule has 1 aromatic rings. The summed E-state index contributed by atoms with van der Waals surface area (Å²) < 4.78 is 0. The first kappa shape index (κ1) is 7.61. The van der Waals surface area contributed by atoms with Crippen molar-refractivity contribution in [3.05, 3.63) is 11.8 Å². The molecular weight excluding hydrogens is 152 g/mol. The van der Waals surface area contributed by atoms with Crippen molar-refractivity contribution in [2.45, 2.75) is 13.5 Å². The molecule has 1 aliphatic heterocycles. The van der Waals surface area contributed by atoms with Crippen LogP contribution in [0.2, 0.25) is 0 Å². The van der Waals surface area contributed by atoms with Crippen LogP contribution in [-0.2, 0) is 6.54 Å². The molecular formula is C8H14N4. The van der Waals surface area contributed by atoms with E-state index in [9.17, 15) is 0 Å². The number of nitrogens with zero attached hydrogens (tertiary/aromatic N) is 2.